The Kier molecular flexibility index (Phi) is 4.82. The number of anilines is 1. The first-order chi connectivity index (χ1) is 11.5. The number of hydrogen-bond donors (Lipinski definition) is 2. The van der Waals surface area contributed by atoms with Gasteiger partial charge in [0.05, 0.1) is 12.6 Å². The van der Waals surface area contributed by atoms with E-state index in [1.165, 1.54) is 0 Å². The van der Waals surface area contributed by atoms with Crippen LogP contribution in [0.3, 0.4) is 0 Å². The molecule has 1 aliphatic rings. The van der Waals surface area contributed by atoms with Gasteiger partial charge in [-0.1, -0.05) is 17.7 Å². The van der Waals surface area contributed by atoms with Crippen molar-refractivity contribution < 1.29 is 9.53 Å². The maximum Gasteiger partial charge on any atom is 0.328 e. The van der Waals surface area contributed by atoms with Crippen LogP contribution in [0.4, 0.5) is 5.69 Å². The molecule has 1 saturated heterocycles. The number of ether oxygens (including phenoxy) is 1. The molecule has 1 aromatic carbocycles. The summed E-state index contributed by atoms with van der Waals surface area (Å²) in [6.45, 7) is 0.749. The highest BCUT2D eigenvalue weighted by Gasteiger charge is 2.20. The summed E-state index contributed by atoms with van der Waals surface area (Å²) in [5, 5.41) is 3.05. The summed E-state index contributed by atoms with van der Waals surface area (Å²) in [7, 11) is 0. The Labute approximate surface area is 142 Å². The van der Waals surface area contributed by atoms with Crippen LogP contribution in [0.25, 0.3) is 0 Å². The molecular formula is C16H16ClN3O4. The van der Waals surface area contributed by atoms with Crippen LogP contribution in [0, 0.1) is 0 Å². The minimum atomic E-state index is -0.645. The number of aromatic nitrogens is 2. The number of halogens is 1. The molecule has 0 spiro atoms. The Bertz CT molecular complexity index is 868. The first-order valence-corrected chi connectivity index (χ1v) is 7.93. The molecule has 2 heterocycles. The van der Waals surface area contributed by atoms with Crippen molar-refractivity contribution in [1.29, 1.82) is 0 Å². The SMILES string of the molecule is O=C(Nc1cccc(Cl)c1)c1c[nH]c(=O)n(CC2CCCO2)c1=O. The summed E-state index contributed by atoms with van der Waals surface area (Å²) in [6.07, 6.45) is 2.61. The van der Waals surface area contributed by atoms with Crippen molar-refractivity contribution in [1.82, 2.24) is 9.55 Å². The summed E-state index contributed by atoms with van der Waals surface area (Å²) in [5.74, 6) is -0.611. The van der Waals surface area contributed by atoms with Gasteiger partial charge in [0.25, 0.3) is 11.5 Å². The maximum absolute atomic E-state index is 12.5. The van der Waals surface area contributed by atoms with Crippen LogP contribution in [-0.4, -0.2) is 28.2 Å². The molecule has 1 aliphatic heterocycles. The van der Waals surface area contributed by atoms with E-state index in [-0.39, 0.29) is 18.2 Å². The highest BCUT2D eigenvalue weighted by atomic mass is 35.5. The number of benzene rings is 1. The second kappa shape index (κ2) is 7.02. The molecule has 1 amide bonds. The number of rotatable bonds is 4. The Morgan fingerprint density at radius 2 is 2.25 bits per heavy atom. The largest absolute Gasteiger partial charge is 0.376 e. The van der Waals surface area contributed by atoms with Crippen molar-refractivity contribution in [3.8, 4) is 0 Å². The zero-order valence-corrected chi connectivity index (χ0v) is 13.5. The summed E-state index contributed by atoms with van der Waals surface area (Å²) < 4.78 is 6.45. The molecule has 0 bridgehead atoms. The van der Waals surface area contributed by atoms with Crippen LogP contribution < -0.4 is 16.6 Å². The fourth-order valence-corrected chi connectivity index (χ4v) is 2.79. The molecule has 1 fully saturated rings. The smallest absolute Gasteiger partial charge is 0.328 e. The van der Waals surface area contributed by atoms with E-state index >= 15 is 0 Å². The lowest BCUT2D eigenvalue weighted by Gasteiger charge is -2.12. The first kappa shape index (κ1) is 16.5. The van der Waals surface area contributed by atoms with E-state index in [1.54, 1.807) is 24.3 Å². The average Bonchev–Trinajstić information content (AvgIpc) is 3.04. The molecule has 0 radical (unpaired) electrons. The number of H-pyrrole nitrogens is 1. The predicted octanol–water partition coefficient (Wildman–Crippen LogP) is 1.62. The highest BCUT2D eigenvalue weighted by Crippen LogP contribution is 2.15. The normalized spacial score (nSPS) is 17.0. The number of hydrogen-bond acceptors (Lipinski definition) is 4. The quantitative estimate of drug-likeness (QED) is 0.877. The van der Waals surface area contributed by atoms with Gasteiger partial charge in [0.15, 0.2) is 0 Å². The first-order valence-electron chi connectivity index (χ1n) is 7.55. The topological polar surface area (TPSA) is 93.2 Å². The molecule has 3 rings (SSSR count). The molecule has 2 N–H and O–H groups in total. The van der Waals surface area contributed by atoms with Gasteiger partial charge in [-0.2, -0.15) is 0 Å². The Balaban J connectivity index is 1.86. The highest BCUT2D eigenvalue weighted by molar-refractivity contribution is 6.30. The van der Waals surface area contributed by atoms with Crippen molar-refractivity contribution in [2.24, 2.45) is 0 Å². The van der Waals surface area contributed by atoms with Gasteiger partial charge in [-0.3, -0.25) is 14.2 Å². The van der Waals surface area contributed by atoms with Crippen LogP contribution in [0.5, 0.6) is 0 Å². The van der Waals surface area contributed by atoms with Gasteiger partial charge in [0.2, 0.25) is 0 Å². The third-order valence-corrected chi connectivity index (χ3v) is 4.03. The van der Waals surface area contributed by atoms with Gasteiger partial charge in [0.1, 0.15) is 5.56 Å². The lowest BCUT2D eigenvalue weighted by Crippen LogP contribution is -2.41. The van der Waals surface area contributed by atoms with Crippen molar-refractivity contribution >= 4 is 23.2 Å². The van der Waals surface area contributed by atoms with E-state index in [2.05, 4.69) is 10.3 Å². The van der Waals surface area contributed by atoms with E-state index in [9.17, 15) is 14.4 Å². The van der Waals surface area contributed by atoms with Gasteiger partial charge in [-0.15, -0.1) is 0 Å². The van der Waals surface area contributed by atoms with Crippen LogP contribution >= 0.6 is 11.6 Å². The zero-order valence-electron chi connectivity index (χ0n) is 12.8. The van der Waals surface area contributed by atoms with Gasteiger partial charge >= 0.3 is 5.69 Å². The van der Waals surface area contributed by atoms with Gasteiger partial charge in [-0.05, 0) is 31.0 Å². The molecule has 8 heteroatoms. The number of carbonyl (C=O) groups excluding carboxylic acids is 1. The fraction of sp³-hybridized carbons (Fsp3) is 0.312. The second-order valence-electron chi connectivity index (χ2n) is 5.52. The number of aromatic amines is 1. The van der Waals surface area contributed by atoms with E-state index in [0.717, 1.165) is 23.6 Å². The van der Waals surface area contributed by atoms with E-state index in [1.807, 2.05) is 0 Å². The number of nitrogens with zero attached hydrogens (tertiary/aromatic N) is 1. The van der Waals surface area contributed by atoms with Crippen molar-refractivity contribution in [2.75, 3.05) is 11.9 Å². The van der Waals surface area contributed by atoms with Crippen LogP contribution in [0.15, 0.2) is 40.1 Å². The average molecular weight is 350 g/mol. The number of nitrogens with one attached hydrogen (secondary N) is 2. The fourth-order valence-electron chi connectivity index (χ4n) is 2.60. The van der Waals surface area contributed by atoms with Gasteiger partial charge < -0.3 is 15.0 Å². The monoisotopic (exact) mass is 349 g/mol. The van der Waals surface area contributed by atoms with Gasteiger partial charge in [0, 0.05) is 23.5 Å². The molecule has 0 saturated carbocycles. The summed E-state index contributed by atoms with van der Waals surface area (Å²) >= 11 is 5.87. The third kappa shape index (κ3) is 3.58. The minimum Gasteiger partial charge on any atom is -0.376 e. The van der Waals surface area contributed by atoms with E-state index in [4.69, 9.17) is 16.3 Å². The van der Waals surface area contributed by atoms with Crippen molar-refractivity contribution in [3.05, 3.63) is 61.9 Å². The predicted molar refractivity (Wildman–Crippen MR) is 89.7 cm³/mol. The lowest BCUT2D eigenvalue weighted by molar-refractivity contribution is 0.0941. The number of amides is 1. The molecule has 2 aromatic rings. The molecule has 24 heavy (non-hydrogen) atoms. The standard InChI is InChI=1S/C16H16ClN3O4/c17-10-3-1-4-11(7-10)19-14(21)13-8-18-16(23)20(15(13)22)9-12-5-2-6-24-12/h1,3-4,7-8,12H,2,5-6,9H2,(H,18,23)(H,19,21). The lowest BCUT2D eigenvalue weighted by atomic mass is 10.2. The summed E-state index contributed by atoms with van der Waals surface area (Å²) in [4.78, 5) is 39.1. The molecule has 1 unspecified atom stereocenters. The van der Waals surface area contributed by atoms with Crippen LogP contribution in [0.1, 0.15) is 23.2 Å². The second-order valence-corrected chi connectivity index (χ2v) is 5.96. The van der Waals surface area contributed by atoms with E-state index in [0.29, 0.717) is 17.3 Å². The molecule has 1 atom stereocenters. The van der Waals surface area contributed by atoms with Crippen molar-refractivity contribution in [3.63, 3.8) is 0 Å². The Morgan fingerprint density at radius 3 is 2.96 bits per heavy atom. The molecule has 1 aromatic heterocycles. The number of carbonyl (C=O) groups is 1. The summed E-state index contributed by atoms with van der Waals surface area (Å²) in [5.41, 5.74) is -0.889. The Morgan fingerprint density at radius 1 is 1.42 bits per heavy atom. The van der Waals surface area contributed by atoms with Gasteiger partial charge in [-0.25, -0.2) is 4.79 Å². The molecular weight excluding hydrogens is 334 g/mol. The summed E-state index contributed by atoms with van der Waals surface area (Å²) in [6, 6.07) is 6.57. The van der Waals surface area contributed by atoms with Crippen molar-refractivity contribution in [2.45, 2.75) is 25.5 Å². The molecule has 7 nitrogen and oxygen atoms in total. The maximum atomic E-state index is 12.5. The Hall–Kier alpha value is -2.38. The van der Waals surface area contributed by atoms with Crippen LogP contribution in [-0.2, 0) is 11.3 Å². The van der Waals surface area contributed by atoms with Crippen LogP contribution in [0.2, 0.25) is 5.02 Å². The van der Waals surface area contributed by atoms with E-state index < -0.39 is 17.2 Å². The minimum absolute atomic E-state index is 0.131. The third-order valence-electron chi connectivity index (χ3n) is 3.80. The molecule has 126 valence electrons. The zero-order chi connectivity index (χ0) is 17.1. The molecule has 0 aliphatic carbocycles.